The molecule has 4 nitrogen and oxygen atoms in total. The van der Waals surface area contributed by atoms with Crippen molar-refractivity contribution in [2.75, 3.05) is 12.4 Å². The highest BCUT2D eigenvalue weighted by molar-refractivity contribution is 7.80. The van der Waals surface area contributed by atoms with E-state index in [1.54, 1.807) is 7.11 Å². The van der Waals surface area contributed by atoms with Gasteiger partial charge in [-0.3, -0.25) is 4.90 Å². The molecule has 2 aliphatic heterocycles. The second-order valence-electron chi connectivity index (χ2n) is 7.13. The molecule has 0 aliphatic carbocycles. The van der Waals surface area contributed by atoms with Crippen LogP contribution in [0.25, 0.3) is 0 Å². The number of benzene rings is 1. The Morgan fingerprint density at radius 3 is 2.54 bits per heavy atom. The van der Waals surface area contributed by atoms with Crippen molar-refractivity contribution in [2.24, 2.45) is 0 Å². The van der Waals surface area contributed by atoms with Crippen LogP contribution >= 0.6 is 23.6 Å². The molecule has 0 radical (unpaired) electrons. The van der Waals surface area contributed by atoms with Crippen LogP contribution in [0.4, 0.5) is 5.69 Å². The van der Waals surface area contributed by atoms with Crippen LogP contribution in [0.2, 0.25) is 0 Å². The molecule has 0 amide bonds. The summed E-state index contributed by atoms with van der Waals surface area (Å²) in [5, 5.41) is 9.72. The van der Waals surface area contributed by atoms with Gasteiger partial charge in [-0.25, -0.2) is 0 Å². The van der Waals surface area contributed by atoms with E-state index in [4.69, 9.17) is 17.0 Å². The van der Waals surface area contributed by atoms with Crippen molar-refractivity contribution < 1.29 is 4.74 Å². The van der Waals surface area contributed by atoms with Gasteiger partial charge in [0, 0.05) is 35.2 Å². The summed E-state index contributed by atoms with van der Waals surface area (Å²) in [7, 11) is 1.67. The third-order valence-corrected chi connectivity index (χ3v) is 6.57. The van der Waals surface area contributed by atoms with Gasteiger partial charge in [0.1, 0.15) is 5.75 Å². The van der Waals surface area contributed by atoms with Gasteiger partial charge in [0.2, 0.25) is 0 Å². The number of nitrogens with one attached hydrogen (secondary N) is 2. The molecule has 1 unspecified atom stereocenters. The van der Waals surface area contributed by atoms with Gasteiger partial charge in [0.25, 0.3) is 0 Å². The minimum Gasteiger partial charge on any atom is -0.497 e. The summed E-state index contributed by atoms with van der Waals surface area (Å²) in [4.78, 5) is 4.19. The van der Waals surface area contributed by atoms with E-state index in [-0.39, 0.29) is 0 Å². The van der Waals surface area contributed by atoms with E-state index < -0.39 is 0 Å². The SMILES string of the molecule is COc1ccc(NC(=S)NC2C[C@H]3CC[C@@H](C2)N3Cc2cccs2)cc1. The minimum absolute atomic E-state index is 0.463. The molecule has 138 valence electrons. The molecule has 2 fully saturated rings. The van der Waals surface area contributed by atoms with Crippen molar-refractivity contribution in [3.63, 3.8) is 0 Å². The highest BCUT2D eigenvalue weighted by Gasteiger charge is 2.40. The summed E-state index contributed by atoms with van der Waals surface area (Å²) >= 11 is 7.40. The molecular weight excluding hydrogens is 362 g/mol. The molecule has 4 rings (SSSR count). The lowest BCUT2D eigenvalue weighted by molar-refractivity contribution is 0.116. The van der Waals surface area contributed by atoms with Crippen molar-refractivity contribution >= 4 is 34.4 Å². The van der Waals surface area contributed by atoms with Gasteiger partial charge in [-0.05, 0) is 73.6 Å². The van der Waals surface area contributed by atoms with Crippen LogP contribution in [-0.2, 0) is 6.54 Å². The smallest absolute Gasteiger partial charge is 0.170 e. The van der Waals surface area contributed by atoms with Crippen molar-refractivity contribution in [2.45, 2.75) is 50.4 Å². The number of nitrogens with zero attached hydrogens (tertiary/aromatic N) is 1. The molecule has 2 bridgehead atoms. The highest BCUT2D eigenvalue weighted by Crippen LogP contribution is 2.37. The number of anilines is 1. The van der Waals surface area contributed by atoms with Gasteiger partial charge in [-0.1, -0.05) is 6.07 Å². The molecule has 0 spiro atoms. The largest absolute Gasteiger partial charge is 0.497 e. The van der Waals surface area contributed by atoms with Gasteiger partial charge >= 0.3 is 0 Å². The Labute approximate surface area is 164 Å². The molecule has 0 saturated carbocycles. The maximum Gasteiger partial charge on any atom is 0.170 e. The summed E-state index contributed by atoms with van der Waals surface area (Å²) < 4.78 is 5.19. The van der Waals surface area contributed by atoms with Gasteiger partial charge in [-0.15, -0.1) is 11.3 Å². The third kappa shape index (κ3) is 4.03. The lowest BCUT2D eigenvalue weighted by Gasteiger charge is -2.39. The molecule has 26 heavy (non-hydrogen) atoms. The van der Waals surface area contributed by atoms with Crippen LogP contribution in [0.5, 0.6) is 5.75 Å². The zero-order valence-corrected chi connectivity index (χ0v) is 16.6. The quantitative estimate of drug-likeness (QED) is 0.751. The first-order valence-electron chi connectivity index (χ1n) is 9.21. The topological polar surface area (TPSA) is 36.5 Å². The van der Waals surface area contributed by atoms with E-state index in [1.807, 2.05) is 35.6 Å². The molecular formula is C20H25N3OS2. The summed E-state index contributed by atoms with van der Waals surface area (Å²) in [6, 6.07) is 14.1. The van der Waals surface area contributed by atoms with Crippen LogP contribution in [0.3, 0.4) is 0 Å². The highest BCUT2D eigenvalue weighted by atomic mass is 32.1. The summed E-state index contributed by atoms with van der Waals surface area (Å²) in [5.41, 5.74) is 0.987. The predicted molar refractivity (Wildman–Crippen MR) is 112 cm³/mol. The van der Waals surface area contributed by atoms with Crippen LogP contribution < -0.4 is 15.4 Å². The Morgan fingerprint density at radius 2 is 1.92 bits per heavy atom. The van der Waals surface area contributed by atoms with E-state index in [9.17, 15) is 0 Å². The van der Waals surface area contributed by atoms with Crippen LogP contribution in [0, 0.1) is 0 Å². The van der Waals surface area contributed by atoms with Crippen LogP contribution in [0.1, 0.15) is 30.6 Å². The molecule has 2 aromatic rings. The average Bonchev–Trinajstić information content (AvgIpc) is 3.22. The van der Waals surface area contributed by atoms with Gasteiger partial charge in [0.15, 0.2) is 5.11 Å². The molecule has 3 atom stereocenters. The number of methoxy groups -OCH3 is 1. The number of thiophene rings is 1. The van der Waals surface area contributed by atoms with Crippen molar-refractivity contribution in [1.29, 1.82) is 0 Å². The Kier molecular flexibility index (Phi) is 5.43. The maximum absolute atomic E-state index is 5.53. The number of fused-ring (bicyclic) bond motifs is 2. The molecule has 6 heteroatoms. The number of piperidine rings is 1. The first kappa shape index (κ1) is 17.8. The minimum atomic E-state index is 0.463. The Balaban J connectivity index is 1.30. The molecule has 2 saturated heterocycles. The Morgan fingerprint density at radius 1 is 1.19 bits per heavy atom. The van der Waals surface area contributed by atoms with Crippen molar-refractivity contribution in [3.05, 3.63) is 46.7 Å². The van der Waals surface area contributed by atoms with Gasteiger partial charge in [-0.2, -0.15) is 0 Å². The predicted octanol–water partition coefficient (Wildman–Crippen LogP) is 4.24. The third-order valence-electron chi connectivity index (χ3n) is 5.49. The van der Waals surface area contributed by atoms with Crippen molar-refractivity contribution in [3.8, 4) is 5.75 Å². The zero-order valence-electron chi connectivity index (χ0n) is 15.0. The van der Waals surface area contributed by atoms with Crippen molar-refractivity contribution in [1.82, 2.24) is 10.2 Å². The average molecular weight is 388 g/mol. The van der Waals surface area contributed by atoms with Crippen LogP contribution in [0.15, 0.2) is 41.8 Å². The van der Waals surface area contributed by atoms with E-state index >= 15 is 0 Å². The van der Waals surface area contributed by atoms with Crippen LogP contribution in [-0.4, -0.2) is 35.2 Å². The lowest BCUT2D eigenvalue weighted by Crippen LogP contribution is -2.50. The number of thiocarbonyl (C=S) groups is 1. The molecule has 3 heterocycles. The normalized spacial score (nSPS) is 25.0. The first-order valence-corrected chi connectivity index (χ1v) is 10.5. The maximum atomic E-state index is 5.53. The fourth-order valence-electron chi connectivity index (χ4n) is 4.26. The monoisotopic (exact) mass is 387 g/mol. The lowest BCUT2D eigenvalue weighted by atomic mass is 9.97. The standard InChI is InChI=1S/C20H25N3OS2/c1-24-18-8-4-14(5-9-18)21-20(25)22-15-11-16-6-7-17(12-15)23(16)13-19-3-2-10-26-19/h2-5,8-10,15-17H,6-7,11-13H2,1H3,(H2,21,22,25)/t15?,16-,17+. The zero-order chi connectivity index (χ0) is 17.9. The van der Waals surface area contributed by atoms with E-state index in [0.717, 1.165) is 18.0 Å². The fourth-order valence-corrected chi connectivity index (χ4v) is 5.26. The second kappa shape index (κ2) is 7.94. The van der Waals surface area contributed by atoms with E-state index in [2.05, 4.69) is 33.0 Å². The van der Waals surface area contributed by atoms with E-state index in [1.165, 1.54) is 30.6 Å². The summed E-state index contributed by atoms with van der Waals surface area (Å²) in [6.07, 6.45) is 4.97. The Hall–Kier alpha value is -1.63. The van der Waals surface area contributed by atoms with E-state index in [0.29, 0.717) is 23.2 Å². The summed E-state index contributed by atoms with van der Waals surface area (Å²) in [5.74, 6) is 0.851. The Bertz CT molecular complexity index is 718. The molecule has 2 N–H and O–H groups in total. The molecule has 1 aromatic heterocycles. The number of hydrogen-bond donors (Lipinski definition) is 2. The first-order chi connectivity index (χ1) is 12.7. The summed E-state index contributed by atoms with van der Waals surface area (Å²) in [6.45, 7) is 1.11. The molecule has 1 aromatic carbocycles. The molecule has 2 aliphatic rings. The number of ether oxygens (including phenoxy) is 1. The van der Waals surface area contributed by atoms with Gasteiger partial charge < -0.3 is 15.4 Å². The number of rotatable bonds is 5. The van der Waals surface area contributed by atoms with Gasteiger partial charge in [0.05, 0.1) is 7.11 Å². The second-order valence-corrected chi connectivity index (χ2v) is 8.57. The fraction of sp³-hybridized carbons (Fsp3) is 0.450. The number of hydrogen-bond acceptors (Lipinski definition) is 4.